The summed E-state index contributed by atoms with van der Waals surface area (Å²) in [6, 6.07) is 22.7. The largest absolute Gasteiger partial charge is 0.484 e. The van der Waals surface area contributed by atoms with Crippen molar-refractivity contribution in [1.82, 2.24) is 10.3 Å². The van der Waals surface area contributed by atoms with Crippen LogP contribution in [0.4, 0.5) is 0 Å². The molecule has 2 aromatic carbocycles. The Bertz CT molecular complexity index is 769. The maximum absolute atomic E-state index is 12.4. The van der Waals surface area contributed by atoms with Gasteiger partial charge < -0.3 is 10.1 Å². The molecule has 0 spiro atoms. The minimum Gasteiger partial charge on any atom is -0.484 e. The zero-order chi connectivity index (χ0) is 17.5. The van der Waals surface area contributed by atoms with Crippen molar-refractivity contribution in [3.8, 4) is 5.75 Å². The average molecular weight is 444 g/mol. The number of hydrogen-bond donors (Lipinski definition) is 1. The average Bonchev–Trinajstić information content (AvgIpc) is 2.67. The number of hydrogen-bond acceptors (Lipinski definition) is 3. The summed E-state index contributed by atoms with van der Waals surface area (Å²) in [5.41, 5.74) is 1.76. The number of halogens is 1. The zero-order valence-electron chi connectivity index (χ0n) is 13.4. The van der Waals surface area contributed by atoms with E-state index in [1.165, 1.54) is 0 Å². The van der Waals surface area contributed by atoms with Crippen LogP contribution < -0.4 is 10.1 Å². The topological polar surface area (TPSA) is 51.2 Å². The molecule has 1 aromatic heterocycles. The van der Waals surface area contributed by atoms with Crippen LogP contribution in [-0.2, 0) is 4.79 Å². The molecule has 25 heavy (non-hydrogen) atoms. The molecule has 1 N–H and O–H groups in total. The highest BCUT2D eigenvalue weighted by molar-refractivity contribution is 14.1. The number of nitrogens with one attached hydrogen (secondary N) is 1. The molecule has 5 heteroatoms. The molecule has 0 fully saturated rings. The van der Waals surface area contributed by atoms with Gasteiger partial charge in [0.2, 0.25) is 0 Å². The van der Waals surface area contributed by atoms with Crippen molar-refractivity contribution in [2.24, 2.45) is 0 Å². The molecule has 3 aromatic rings. The predicted molar refractivity (Wildman–Crippen MR) is 105 cm³/mol. The van der Waals surface area contributed by atoms with Crippen molar-refractivity contribution in [1.29, 1.82) is 0 Å². The van der Waals surface area contributed by atoms with E-state index in [-0.39, 0.29) is 18.6 Å². The molecule has 0 aliphatic heterocycles. The van der Waals surface area contributed by atoms with Crippen LogP contribution in [0.5, 0.6) is 5.75 Å². The fourth-order valence-corrected chi connectivity index (χ4v) is 2.76. The van der Waals surface area contributed by atoms with Gasteiger partial charge in [-0.15, -0.1) is 0 Å². The fraction of sp³-hybridized carbons (Fsp3) is 0.100. The second-order valence-corrected chi connectivity index (χ2v) is 6.65. The van der Waals surface area contributed by atoms with Crippen LogP contribution in [0.2, 0.25) is 0 Å². The monoisotopic (exact) mass is 444 g/mol. The third-order valence-electron chi connectivity index (χ3n) is 3.61. The first-order valence-electron chi connectivity index (χ1n) is 7.86. The van der Waals surface area contributed by atoms with E-state index < -0.39 is 0 Å². The zero-order valence-corrected chi connectivity index (χ0v) is 15.6. The first-order chi connectivity index (χ1) is 12.2. The lowest BCUT2D eigenvalue weighted by atomic mass is 10.0. The number of nitrogens with zero attached hydrogens (tertiary/aromatic N) is 1. The van der Waals surface area contributed by atoms with Crippen LogP contribution in [0, 0.1) is 3.57 Å². The summed E-state index contributed by atoms with van der Waals surface area (Å²) in [5, 5.41) is 3.00. The van der Waals surface area contributed by atoms with Crippen molar-refractivity contribution in [2.45, 2.75) is 6.04 Å². The minimum absolute atomic E-state index is 0.0449. The summed E-state index contributed by atoms with van der Waals surface area (Å²) < 4.78 is 6.68. The van der Waals surface area contributed by atoms with Crippen LogP contribution >= 0.6 is 22.6 Å². The molecule has 126 valence electrons. The van der Waals surface area contributed by atoms with E-state index in [1.54, 1.807) is 6.20 Å². The van der Waals surface area contributed by atoms with Gasteiger partial charge in [-0.25, -0.2) is 0 Å². The standard InChI is InChI=1S/C20H17IN2O2/c21-16-9-11-17(12-10-16)25-14-19(24)23-20(15-6-2-1-3-7-15)18-8-4-5-13-22-18/h1-13,20H,14H2,(H,23,24). The molecule has 1 amide bonds. The number of benzene rings is 2. The number of amides is 1. The molecule has 3 rings (SSSR count). The Kier molecular flexibility index (Phi) is 6.00. The molecular weight excluding hydrogens is 427 g/mol. The maximum Gasteiger partial charge on any atom is 0.258 e. The lowest BCUT2D eigenvalue weighted by Crippen LogP contribution is -2.33. The molecule has 0 saturated carbocycles. The summed E-state index contributed by atoms with van der Waals surface area (Å²) in [6.45, 7) is -0.0449. The maximum atomic E-state index is 12.4. The van der Waals surface area contributed by atoms with Crippen molar-refractivity contribution >= 4 is 28.5 Å². The summed E-state index contributed by atoms with van der Waals surface area (Å²) in [6.07, 6.45) is 1.72. The van der Waals surface area contributed by atoms with Gasteiger partial charge in [0.1, 0.15) is 5.75 Å². The molecule has 0 aliphatic carbocycles. The Morgan fingerprint density at radius 2 is 1.72 bits per heavy atom. The van der Waals surface area contributed by atoms with Crippen LogP contribution in [0.3, 0.4) is 0 Å². The summed E-state index contributed by atoms with van der Waals surface area (Å²) >= 11 is 2.23. The highest BCUT2D eigenvalue weighted by Gasteiger charge is 2.18. The van der Waals surface area contributed by atoms with Gasteiger partial charge in [-0.1, -0.05) is 36.4 Å². The normalized spacial score (nSPS) is 11.6. The van der Waals surface area contributed by atoms with E-state index in [0.29, 0.717) is 5.75 Å². The van der Waals surface area contributed by atoms with Crippen molar-refractivity contribution in [3.05, 3.63) is 93.8 Å². The second kappa shape index (κ2) is 8.62. The SMILES string of the molecule is O=C(COc1ccc(I)cc1)NC(c1ccccc1)c1ccccn1. The quantitative estimate of drug-likeness (QED) is 0.586. The van der Waals surface area contributed by atoms with E-state index in [9.17, 15) is 4.79 Å². The number of rotatable bonds is 6. The highest BCUT2D eigenvalue weighted by Crippen LogP contribution is 2.20. The van der Waals surface area contributed by atoms with Crippen molar-refractivity contribution in [3.63, 3.8) is 0 Å². The Labute approximate surface area is 160 Å². The minimum atomic E-state index is -0.310. The van der Waals surface area contributed by atoms with Gasteiger partial charge in [0, 0.05) is 9.77 Å². The number of pyridine rings is 1. The first kappa shape index (κ1) is 17.4. The lowest BCUT2D eigenvalue weighted by Gasteiger charge is -2.19. The Morgan fingerprint density at radius 3 is 2.40 bits per heavy atom. The van der Waals surface area contributed by atoms with E-state index >= 15 is 0 Å². The van der Waals surface area contributed by atoms with Gasteiger partial charge >= 0.3 is 0 Å². The van der Waals surface area contributed by atoms with E-state index in [4.69, 9.17) is 4.74 Å². The van der Waals surface area contributed by atoms with Crippen LogP contribution in [0.1, 0.15) is 17.3 Å². The highest BCUT2D eigenvalue weighted by atomic mass is 127. The van der Waals surface area contributed by atoms with Gasteiger partial charge in [0.25, 0.3) is 5.91 Å². The molecular formula is C20H17IN2O2. The summed E-state index contributed by atoms with van der Waals surface area (Å²) in [7, 11) is 0. The Morgan fingerprint density at radius 1 is 1.00 bits per heavy atom. The summed E-state index contributed by atoms with van der Waals surface area (Å²) in [4.78, 5) is 16.8. The molecule has 0 saturated heterocycles. The molecule has 0 bridgehead atoms. The van der Waals surface area contributed by atoms with Gasteiger partial charge in [0.15, 0.2) is 6.61 Å². The molecule has 0 aliphatic rings. The number of carbonyl (C=O) groups is 1. The van der Waals surface area contributed by atoms with Gasteiger partial charge in [-0.05, 0) is 64.6 Å². The number of ether oxygens (including phenoxy) is 1. The van der Waals surface area contributed by atoms with E-state index in [2.05, 4.69) is 32.9 Å². The van der Waals surface area contributed by atoms with Crippen LogP contribution in [0.25, 0.3) is 0 Å². The predicted octanol–water partition coefficient (Wildman–Crippen LogP) is 3.97. The second-order valence-electron chi connectivity index (χ2n) is 5.41. The molecule has 4 nitrogen and oxygen atoms in total. The van der Waals surface area contributed by atoms with Gasteiger partial charge in [-0.3, -0.25) is 9.78 Å². The fourth-order valence-electron chi connectivity index (χ4n) is 2.40. The smallest absolute Gasteiger partial charge is 0.258 e. The molecule has 1 unspecified atom stereocenters. The summed E-state index contributed by atoms with van der Waals surface area (Å²) in [5.74, 6) is 0.475. The van der Waals surface area contributed by atoms with Gasteiger partial charge in [-0.2, -0.15) is 0 Å². The van der Waals surface area contributed by atoms with Crippen LogP contribution in [0.15, 0.2) is 79.0 Å². The van der Waals surface area contributed by atoms with E-state index in [0.717, 1.165) is 14.8 Å². The lowest BCUT2D eigenvalue weighted by molar-refractivity contribution is -0.123. The number of carbonyl (C=O) groups excluding carboxylic acids is 1. The van der Waals surface area contributed by atoms with Gasteiger partial charge in [0.05, 0.1) is 11.7 Å². The number of aromatic nitrogens is 1. The molecule has 0 radical (unpaired) electrons. The third-order valence-corrected chi connectivity index (χ3v) is 4.32. The van der Waals surface area contributed by atoms with Crippen molar-refractivity contribution < 1.29 is 9.53 Å². The van der Waals surface area contributed by atoms with E-state index in [1.807, 2.05) is 72.8 Å². The van der Waals surface area contributed by atoms with Crippen molar-refractivity contribution in [2.75, 3.05) is 6.61 Å². The van der Waals surface area contributed by atoms with Crippen LogP contribution in [-0.4, -0.2) is 17.5 Å². The Balaban J connectivity index is 1.69. The Hall–Kier alpha value is -2.41. The molecule has 1 atom stereocenters. The molecule has 1 heterocycles. The first-order valence-corrected chi connectivity index (χ1v) is 8.94. The third kappa shape index (κ3) is 5.03.